The second kappa shape index (κ2) is 7.35. The summed E-state index contributed by atoms with van der Waals surface area (Å²) in [5.74, 6) is -2.32. The van der Waals surface area contributed by atoms with E-state index in [0.29, 0.717) is 0 Å². The zero-order chi connectivity index (χ0) is 14.3. The summed E-state index contributed by atoms with van der Waals surface area (Å²) < 4.78 is 35.6. The molecule has 110 valence electrons. The number of carbonyl (C=O) groups excluding carboxylic acids is 2. The Morgan fingerprint density at radius 3 is 2.16 bits per heavy atom. The van der Waals surface area contributed by atoms with Crippen molar-refractivity contribution in [1.82, 2.24) is 10.6 Å². The van der Waals surface area contributed by atoms with Gasteiger partial charge in [0.05, 0.1) is 0 Å². The van der Waals surface area contributed by atoms with Gasteiger partial charge in [0.2, 0.25) is 5.91 Å². The Bertz CT molecular complexity index is 311. The van der Waals surface area contributed by atoms with Crippen LogP contribution in [0.2, 0.25) is 0 Å². The van der Waals surface area contributed by atoms with Crippen molar-refractivity contribution in [3.63, 3.8) is 0 Å². The predicted octanol–water partition coefficient (Wildman–Crippen LogP) is 1.89. The molecule has 0 saturated heterocycles. The minimum atomic E-state index is -4.89. The summed E-state index contributed by atoms with van der Waals surface area (Å²) in [5, 5.41) is 4.48. The van der Waals surface area contributed by atoms with E-state index in [2.05, 4.69) is 5.32 Å². The number of hydrogen-bond donors (Lipinski definition) is 2. The van der Waals surface area contributed by atoms with Crippen LogP contribution in [0.15, 0.2) is 0 Å². The Kier molecular flexibility index (Phi) is 6.11. The summed E-state index contributed by atoms with van der Waals surface area (Å²) >= 11 is 0. The maximum Gasteiger partial charge on any atom is 0.471 e. The van der Waals surface area contributed by atoms with Crippen LogP contribution in [0.3, 0.4) is 0 Å². The third-order valence-corrected chi connectivity index (χ3v) is 3.12. The van der Waals surface area contributed by atoms with Gasteiger partial charge in [0.15, 0.2) is 0 Å². The van der Waals surface area contributed by atoms with E-state index in [1.54, 1.807) is 5.32 Å². The lowest BCUT2D eigenvalue weighted by molar-refractivity contribution is -0.173. The molecule has 7 heteroatoms. The van der Waals surface area contributed by atoms with Crippen LogP contribution in [0, 0.1) is 0 Å². The van der Waals surface area contributed by atoms with E-state index < -0.39 is 12.1 Å². The Hall–Kier alpha value is -1.27. The largest absolute Gasteiger partial charge is 0.471 e. The summed E-state index contributed by atoms with van der Waals surface area (Å²) in [6.45, 7) is -0.295. The van der Waals surface area contributed by atoms with E-state index in [9.17, 15) is 22.8 Å². The highest BCUT2D eigenvalue weighted by Crippen LogP contribution is 2.17. The first-order valence-electron chi connectivity index (χ1n) is 6.54. The molecule has 0 aliphatic heterocycles. The number of carbonyl (C=O) groups is 2. The minimum absolute atomic E-state index is 0.119. The van der Waals surface area contributed by atoms with E-state index in [1.807, 2.05) is 0 Å². The first-order chi connectivity index (χ1) is 8.89. The number of nitrogens with one attached hydrogen (secondary N) is 2. The number of amides is 2. The number of alkyl halides is 3. The first kappa shape index (κ1) is 15.8. The number of hydrogen-bond acceptors (Lipinski definition) is 2. The minimum Gasteiger partial charge on any atom is -0.353 e. The van der Waals surface area contributed by atoms with Gasteiger partial charge in [0, 0.05) is 19.0 Å². The molecule has 1 fully saturated rings. The molecule has 19 heavy (non-hydrogen) atoms. The smallest absolute Gasteiger partial charge is 0.353 e. The fourth-order valence-electron chi connectivity index (χ4n) is 2.11. The summed E-state index contributed by atoms with van der Waals surface area (Å²) in [4.78, 5) is 22.0. The van der Waals surface area contributed by atoms with Crippen LogP contribution in [0.4, 0.5) is 13.2 Å². The van der Waals surface area contributed by atoms with Gasteiger partial charge < -0.3 is 10.6 Å². The number of rotatable bonds is 4. The van der Waals surface area contributed by atoms with Crippen LogP contribution in [0.25, 0.3) is 0 Å². The monoisotopic (exact) mass is 280 g/mol. The average Bonchev–Trinajstić information content (AvgIpc) is 2.56. The number of halogens is 3. The van der Waals surface area contributed by atoms with Crippen LogP contribution < -0.4 is 10.6 Å². The third kappa shape index (κ3) is 6.45. The lowest BCUT2D eigenvalue weighted by Gasteiger charge is -2.16. The van der Waals surface area contributed by atoms with Gasteiger partial charge in [-0.05, 0) is 12.8 Å². The van der Waals surface area contributed by atoms with Gasteiger partial charge in [-0.2, -0.15) is 13.2 Å². The van der Waals surface area contributed by atoms with Crippen molar-refractivity contribution in [3.8, 4) is 0 Å². The second-order valence-corrected chi connectivity index (χ2v) is 4.76. The fourth-order valence-corrected chi connectivity index (χ4v) is 2.11. The highest BCUT2D eigenvalue weighted by Gasteiger charge is 2.38. The highest BCUT2D eigenvalue weighted by molar-refractivity contribution is 5.82. The normalized spacial score (nSPS) is 17.6. The fraction of sp³-hybridized carbons (Fsp3) is 0.833. The Labute approximate surface area is 110 Å². The van der Waals surface area contributed by atoms with Gasteiger partial charge in [-0.3, -0.25) is 9.59 Å². The van der Waals surface area contributed by atoms with E-state index in [4.69, 9.17) is 0 Å². The van der Waals surface area contributed by atoms with Crippen molar-refractivity contribution >= 4 is 11.8 Å². The highest BCUT2D eigenvalue weighted by atomic mass is 19.4. The summed E-state index contributed by atoms with van der Waals surface area (Å²) in [7, 11) is 0. The van der Waals surface area contributed by atoms with Crippen molar-refractivity contribution < 1.29 is 22.8 Å². The van der Waals surface area contributed by atoms with E-state index >= 15 is 0 Å². The van der Waals surface area contributed by atoms with Crippen LogP contribution in [-0.4, -0.2) is 30.6 Å². The zero-order valence-electron chi connectivity index (χ0n) is 10.7. The molecular weight excluding hydrogens is 261 g/mol. The molecule has 0 heterocycles. The topological polar surface area (TPSA) is 58.2 Å². The molecule has 0 aromatic carbocycles. The molecule has 1 aliphatic carbocycles. The summed E-state index contributed by atoms with van der Waals surface area (Å²) in [6.07, 6.45) is 1.27. The van der Waals surface area contributed by atoms with Gasteiger partial charge in [0.1, 0.15) is 0 Å². The van der Waals surface area contributed by atoms with Gasteiger partial charge in [-0.1, -0.05) is 25.7 Å². The summed E-state index contributed by atoms with van der Waals surface area (Å²) in [6, 6.07) is 0.119. The van der Waals surface area contributed by atoms with Crippen LogP contribution in [0.1, 0.15) is 44.9 Å². The van der Waals surface area contributed by atoms with Gasteiger partial charge >= 0.3 is 12.1 Å². The molecule has 1 rings (SSSR count). The SMILES string of the molecule is O=C(CCNC(=O)C(F)(F)F)NC1CCCCCC1. The first-order valence-corrected chi connectivity index (χ1v) is 6.54. The Balaban J connectivity index is 2.19. The molecule has 0 aromatic rings. The average molecular weight is 280 g/mol. The Morgan fingerprint density at radius 2 is 1.63 bits per heavy atom. The predicted molar refractivity (Wildman–Crippen MR) is 63.3 cm³/mol. The standard InChI is InChI=1S/C12H19F3N2O2/c13-12(14,15)11(19)16-8-7-10(18)17-9-5-3-1-2-4-6-9/h9H,1-8H2,(H,16,19)(H,17,18). The molecule has 0 aromatic heterocycles. The van der Waals surface area contributed by atoms with Crippen LogP contribution in [0.5, 0.6) is 0 Å². The Morgan fingerprint density at radius 1 is 1.05 bits per heavy atom. The lowest BCUT2D eigenvalue weighted by Crippen LogP contribution is -2.40. The molecule has 1 aliphatic rings. The molecule has 0 spiro atoms. The van der Waals surface area contributed by atoms with Crippen LogP contribution in [-0.2, 0) is 9.59 Å². The molecular formula is C12H19F3N2O2. The van der Waals surface area contributed by atoms with Gasteiger partial charge in [-0.25, -0.2) is 0 Å². The lowest BCUT2D eigenvalue weighted by atomic mass is 10.1. The van der Waals surface area contributed by atoms with Crippen molar-refractivity contribution in [2.75, 3.05) is 6.54 Å². The van der Waals surface area contributed by atoms with Gasteiger partial charge in [0.25, 0.3) is 0 Å². The molecule has 2 amide bonds. The molecule has 1 saturated carbocycles. The molecule has 0 bridgehead atoms. The molecule has 0 atom stereocenters. The maximum absolute atomic E-state index is 11.9. The van der Waals surface area contributed by atoms with Crippen molar-refractivity contribution in [2.24, 2.45) is 0 Å². The van der Waals surface area contributed by atoms with E-state index in [1.165, 1.54) is 0 Å². The van der Waals surface area contributed by atoms with Crippen LogP contribution >= 0.6 is 0 Å². The van der Waals surface area contributed by atoms with E-state index in [0.717, 1.165) is 38.5 Å². The molecule has 4 nitrogen and oxygen atoms in total. The third-order valence-electron chi connectivity index (χ3n) is 3.12. The molecule has 0 unspecified atom stereocenters. The van der Waals surface area contributed by atoms with Gasteiger partial charge in [-0.15, -0.1) is 0 Å². The van der Waals surface area contributed by atoms with Crippen molar-refractivity contribution in [2.45, 2.75) is 57.2 Å². The van der Waals surface area contributed by atoms with E-state index in [-0.39, 0.29) is 24.9 Å². The second-order valence-electron chi connectivity index (χ2n) is 4.76. The summed E-state index contributed by atoms with van der Waals surface area (Å²) in [5.41, 5.74) is 0. The van der Waals surface area contributed by atoms with Crippen molar-refractivity contribution in [1.29, 1.82) is 0 Å². The molecule has 0 radical (unpaired) electrons. The van der Waals surface area contributed by atoms with Crippen molar-refractivity contribution in [3.05, 3.63) is 0 Å². The molecule has 2 N–H and O–H groups in total. The quantitative estimate of drug-likeness (QED) is 0.773. The maximum atomic E-state index is 11.9. The zero-order valence-corrected chi connectivity index (χ0v) is 10.7.